The van der Waals surface area contributed by atoms with E-state index in [1.807, 2.05) is 18.0 Å². The minimum Gasteiger partial charge on any atom is -0.385 e. The fourth-order valence-corrected chi connectivity index (χ4v) is 3.88. The third-order valence-corrected chi connectivity index (χ3v) is 5.70. The van der Waals surface area contributed by atoms with Gasteiger partial charge in [0.2, 0.25) is 5.89 Å². The smallest absolute Gasteiger partial charge is 0.257 e. The number of nitrogens with zero attached hydrogens (tertiary/aromatic N) is 5. The average Bonchev–Trinajstić information content (AvgIpc) is 3.22. The first-order chi connectivity index (χ1) is 13.1. The first-order valence-electron chi connectivity index (χ1n) is 9.80. The van der Waals surface area contributed by atoms with Crippen molar-refractivity contribution in [2.24, 2.45) is 0 Å². The van der Waals surface area contributed by atoms with Crippen LogP contribution in [0.5, 0.6) is 0 Å². The number of amides is 1. The van der Waals surface area contributed by atoms with Crippen LogP contribution in [0, 0.1) is 0 Å². The Hall–Kier alpha value is -2.22. The van der Waals surface area contributed by atoms with Crippen LogP contribution in [0.15, 0.2) is 16.9 Å². The van der Waals surface area contributed by atoms with Crippen molar-refractivity contribution in [3.8, 4) is 0 Å². The number of likely N-dealkylation sites (tertiary alicyclic amines) is 1. The van der Waals surface area contributed by atoms with Crippen LogP contribution >= 0.6 is 0 Å². The van der Waals surface area contributed by atoms with E-state index >= 15 is 0 Å². The quantitative estimate of drug-likeness (QED) is 0.741. The van der Waals surface area contributed by atoms with Crippen LogP contribution in [0.1, 0.15) is 67.0 Å². The second kappa shape index (κ2) is 7.42. The number of ether oxygens (including phenoxy) is 1. The highest BCUT2D eigenvalue weighted by Crippen LogP contribution is 2.41. The van der Waals surface area contributed by atoms with Gasteiger partial charge in [-0.3, -0.25) is 9.48 Å². The highest BCUT2D eigenvalue weighted by molar-refractivity contribution is 5.93. The molecule has 2 aliphatic rings. The van der Waals surface area contributed by atoms with Crippen molar-refractivity contribution in [1.29, 1.82) is 0 Å². The molecule has 1 saturated carbocycles. The van der Waals surface area contributed by atoms with Crippen molar-refractivity contribution in [2.75, 3.05) is 26.8 Å². The maximum atomic E-state index is 13.0. The maximum absolute atomic E-state index is 13.0. The Labute approximate surface area is 158 Å². The summed E-state index contributed by atoms with van der Waals surface area (Å²) in [6.07, 6.45) is 8.31. The largest absolute Gasteiger partial charge is 0.385 e. The summed E-state index contributed by atoms with van der Waals surface area (Å²) < 4.78 is 12.7. The van der Waals surface area contributed by atoms with Gasteiger partial charge in [0, 0.05) is 45.5 Å². The molecule has 8 heteroatoms. The van der Waals surface area contributed by atoms with Crippen LogP contribution in [-0.2, 0) is 16.7 Å². The molecular weight excluding hydrogens is 346 g/mol. The summed E-state index contributed by atoms with van der Waals surface area (Å²) in [5.41, 5.74) is 0.313. The monoisotopic (exact) mass is 373 g/mol. The summed E-state index contributed by atoms with van der Waals surface area (Å²) in [5, 5.41) is 8.55. The molecule has 0 N–H and O–H groups in total. The van der Waals surface area contributed by atoms with Gasteiger partial charge in [0.05, 0.1) is 17.2 Å². The Morgan fingerprint density at radius 2 is 2.30 bits per heavy atom. The highest BCUT2D eigenvalue weighted by Gasteiger charge is 2.43. The minimum absolute atomic E-state index is 0.0158. The van der Waals surface area contributed by atoms with Crippen molar-refractivity contribution in [3.63, 3.8) is 0 Å². The van der Waals surface area contributed by atoms with Crippen LogP contribution in [0.3, 0.4) is 0 Å². The van der Waals surface area contributed by atoms with Gasteiger partial charge in [0.1, 0.15) is 0 Å². The molecule has 2 aromatic heterocycles. The van der Waals surface area contributed by atoms with Crippen molar-refractivity contribution in [2.45, 2.75) is 56.9 Å². The number of piperidine rings is 1. The second-order valence-electron chi connectivity index (χ2n) is 7.67. The molecule has 2 fully saturated rings. The Bertz CT molecular complexity index is 797. The zero-order chi connectivity index (χ0) is 18.9. The summed E-state index contributed by atoms with van der Waals surface area (Å²) in [4.78, 5) is 19.6. The van der Waals surface area contributed by atoms with Gasteiger partial charge in [-0.2, -0.15) is 10.1 Å². The van der Waals surface area contributed by atoms with Crippen LogP contribution in [0.25, 0.3) is 0 Å². The van der Waals surface area contributed by atoms with Crippen molar-refractivity contribution < 1.29 is 14.1 Å². The molecule has 3 heterocycles. The maximum Gasteiger partial charge on any atom is 0.257 e. The third-order valence-electron chi connectivity index (χ3n) is 5.70. The number of aromatic nitrogens is 4. The molecule has 0 aromatic carbocycles. The van der Waals surface area contributed by atoms with E-state index < -0.39 is 0 Å². The SMILES string of the molecule is CCn1cc(C(=O)N2CCCC(CCOC)(c3noc(C4CC4)n3)C2)cn1. The van der Waals surface area contributed by atoms with E-state index in [4.69, 9.17) is 14.2 Å². The summed E-state index contributed by atoms with van der Waals surface area (Å²) in [5.74, 6) is 1.91. The van der Waals surface area contributed by atoms with Crippen LogP contribution in [0.2, 0.25) is 0 Å². The van der Waals surface area contributed by atoms with Crippen LogP contribution < -0.4 is 0 Å². The molecule has 1 unspecified atom stereocenters. The highest BCUT2D eigenvalue weighted by atomic mass is 16.5. The number of hydrogen-bond donors (Lipinski definition) is 0. The third kappa shape index (κ3) is 3.63. The van der Waals surface area contributed by atoms with Crippen LogP contribution in [-0.4, -0.2) is 57.5 Å². The van der Waals surface area contributed by atoms with E-state index in [0.29, 0.717) is 24.6 Å². The molecule has 0 bridgehead atoms. The molecule has 1 amide bonds. The first-order valence-corrected chi connectivity index (χ1v) is 9.80. The van der Waals surface area contributed by atoms with Gasteiger partial charge in [0.15, 0.2) is 5.82 Å². The normalized spacial score (nSPS) is 23.0. The molecule has 1 atom stereocenters. The zero-order valence-corrected chi connectivity index (χ0v) is 16.1. The van der Waals surface area contributed by atoms with Crippen LogP contribution in [0.4, 0.5) is 0 Å². The number of carbonyl (C=O) groups excluding carboxylic acids is 1. The zero-order valence-electron chi connectivity index (χ0n) is 16.1. The van der Waals surface area contributed by atoms with Gasteiger partial charge in [-0.25, -0.2) is 0 Å². The lowest BCUT2D eigenvalue weighted by Gasteiger charge is -2.40. The molecule has 1 aliphatic heterocycles. The molecule has 27 heavy (non-hydrogen) atoms. The Balaban J connectivity index is 1.57. The number of rotatable bonds is 7. The molecule has 1 saturated heterocycles. The predicted molar refractivity (Wildman–Crippen MR) is 97.5 cm³/mol. The van der Waals surface area contributed by atoms with Gasteiger partial charge >= 0.3 is 0 Å². The van der Waals surface area contributed by atoms with E-state index in [9.17, 15) is 4.79 Å². The summed E-state index contributed by atoms with van der Waals surface area (Å²) in [7, 11) is 1.70. The molecule has 2 aromatic rings. The standard InChI is InChI=1S/C19H27N5O3/c1-3-24-12-15(11-20-24)17(25)23-9-4-7-19(13-23,8-10-26-2)18-21-16(27-22-18)14-5-6-14/h11-12,14H,3-10,13H2,1-2H3. The lowest BCUT2D eigenvalue weighted by Crippen LogP contribution is -2.49. The van der Waals surface area contributed by atoms with Gasteiger partial charge in [0.25, 0.3) is 5.91 Å². The molecule has 1 aliphatic carbocycles. The van der Waals surface area contributed by atoms with Gasteiger partial charge in [-0.1, -0.05) is 5.16 Å². The summed E-state index contributed by atoms with van der Waals surface area (Å²) >= 11 is 0. The van der Waals surface area contributed by atoms with Gasteiger partial charge in [-0.05, 0) is 39.0 Å². The number of carbonyl (C=O) groups is 1. The minimum atomic E-state index is -0.318. The molecule has 0 radical (unpaired) electrons. The van der Waals surface area contributed by atoms with Gasteiger partial charge in [-0.15, -0.1) is 0 Å². The fourth-order valence-electron chi connectivity index (χ4n) is 3.88. The molecule has 0 spiro atoms. The lowest BCUT2D eigenvalue weighted by atomic mass is 9.76. The Morgan fingerprint density at radius 3 is 3.00 bits per heavy atom. The Kier molecular flexibility index (Phi) is 4.99. The molecule has 8 nitrogen and oxygen atoms in total. The van der Waals surface area contributed by atoms with Gasteiger partial charge < -0.3 is 14.2 Å². The van der Waals surface area contributed by atoms with E-state index in [0.717, 1.165) is 56.9 Å². The van der Waals surface area contributed by atoms with Crippen molar-refractivity contribution in [1.82, 2.24) is 24.8 Å². The summed E-state index contributed by atoms with van der Waals surface area (Å²) in [6.45, 7) is 4.67. The number of hydrogen-bond acceptors (Lipinski definition) is 6. The molecule has 4 rings (SSSR count). The number of aryl methyl sites for hydroxylation is 1. The molecular formula is C19H27N5O3. The summed E-state index contributed by atoms with van der Waals surface area (Å²) in [6, 6.07) is 0. The van der Waals surface area contributed by atoms with Crippen molar-refractivity contribution in [3.05, 3.63) is 29.7 Å². The van der Waals surface area contributed by atoms with E-state index in [-0.39, 0.29) is 11.3 Å². The molecule has 146 valence electrons. The van der Waals surface area contributed by atoms with E-state index in [1.54, 1.807) is 18.0 Å². The van der Waals surface area contributed by atoms with Crippen molar-refractivity contribution >= 4 is 5.91 Å². The number of methoxy groups -OCH3 is 1. The average molecular weight is 373 g/mol. The first kappa shape index (κ1) is 18.2. The van der Waals surface area contributed by atoms with E-state index in [1.165, 1.54) is 0 Å². The predicted octanol–water partition coefficient (Wildman–Crippen LogP) is 2.37. The topological polar surface area (TPSA) is 86.3 Å². The fraction of sp³-hybridized carbons (Fsp3) is 0.684. The second-order valence-corrected chi connectivity index (χ2v) is 7.67. The van der Waals surface area contributed by atoms with E-state index in [2.05, 4.69) is 10.3 Å². The lowest BCUT2D eigenvalue weighted by molar-refractivity contribution is 0.0567. The Morgan fingerprint density at radius 1 is 1.44 bits per heavy atom.